The number of nitrogens with zero attached hydrogens (tertiary/aromatic N) is 2. The first kappa shape index (κ1) is 24.7. The van der Waals surface area contributed by atoms with Gasteiger partial charge in [-0.05, 0) is 48.7 Å². The Kier molecular flexibility index (Phi) is 7.42. The molecule has 0 radical (unpaired) electrons. The molecule has 1 aliphatic carbocycles. The summed E-state index contributed by atoms with van der Waals surface area (Å²) in [5.41, 5.74) is 1.00. The quantitative estimate of drug-likeness (QED) is 0.469. The van der Waals surface area contributed by atoms with Gasteiger partial charge in [0.25, 0.3) is 5.91 Å². The van der Waals surface area contributed by atoms with Crippen molar-refractivity contribution in [2.24, 2.45) is 7.05 Å². The third-order valence-corrected chi connectivity index (χ3v) is 7.78. The van der Waals surface area contributed by atoms with Gasteiger partial charge in [0.05, 0.1) is 14.2 Å². The second kappa shape index (κ2) is 10.5. The summed E-state index contributed by atoms with van der Waals surface area (Å²) in [7, 11) is 0.973. The van der Waals surface area contributed by atoms with E-state index in [-0.39, 0.29) is 22.3 Å². The summed E-state index contributed by atoms with van der Waals surface area (Å²) in [5, 5.41) is 3.00. The topological polar surface area (TPSA) is 112 Å². The molecule has 9 nitrogen and oxygen atoms in total. The molecule has 0 aliphatic heterocycles. The fourth-order valence-electron chi connectivity index (χ4n) is 4.32. The number of benzene rings is 2. The van der Waals surface area contributed by atoms with Gasteiger partial charge in [-0.15, -0.1) is 0 Å². The van der Waals surface area contributed by atoms with Crippen LogP contribution < -0.4 is 19.5 Å². The minimum Gasteiger partial charge on any atom is -0.497 e. The van der Waals surface area contributed by atoms with Gasteiger partial charge in [-0.1, -0.05) is 25.0 Å². The lowest BCUT2D eigenvalue weighted by molar-refractivity contribution is 0.0941. The van der Waals surface area contributed by atoms with E-state index in [9.17, 15) is 13.2 Å². The minimum absolute atomic E-state index is 0.0578. The van der Waals surface area contributed by atoms with Gasteiger partial charge in [0.2, 0.25) is 10.0 Å². The van der Waals surface area contributed by atoms with E-state index in [1.54, 1.807) is 25.6 Å². The molecule has 0 bridgehead atoms. The lowest BCUT2D eigenvalue weighted by Gasteiger charge is -2.20. The van der Waals surface area contributed by atoms with Crippen LogP contribution >= 0.6 is 0 Å². The Morgan fingerprint density at radius 3 is 2.40 bits per heavy atom. The van der Waals surface area contributed by atoms with E-state index in [1.807, 2.05) is 35.9 Å². The highest BCUT2D eigenvalue weighted by atomic mass is 32.2. The third kappa shape index (κ3) is 5.49. The van der Waals surface area contributed by atoms with Crippen LogP contribution in [0, 0.1) is 0 Å². The number of hydrogen-bond donors (Lipinski definition) is 2. The number of hydrogen-bond acceptors (Lipinski definition) is 6. The summed E-state index contributed by atoms with van der Waals surface area (Å²) in [6.07, 6.45) is 7.04. The highest BCUT2D eigenvalue weighted by molar-refractivity contribution is 7.89. The summed E-state index contributed by atoms with van der Waals surface area (Å²) in [6.45, 7) is 0. The zero-order valence-corrected chi connectivity index (χ0v) is 20.8. The van der Waals surface area contributed by atoms with Crippen molar-refractivity contribution in [3.05, 3.63) is 71.8 Å². The van der Waals surface area contributed by atoms with Crippen LogP contribution in [0.25, 0.3) is 0 Å². The Bertz CT molecular complexity index is 1280. The van der Waals surface area contributed by atoms with Crippen molar-refractivity contribution in [3.63, 3.8) is 0 Å². The molecule has 10 heteroatoms. The average molecular weight is 499 g/mol. The number of ether oxygens (including phenoxy) is 2. The molecule has 186 valence electrons. The number of carbonyl (C=O) groups is 1. The summed E-state index contributed by atoms with van der Waals surface area (Å²) < 4.78 is 41.4. The fourth-order valence-corrected chi connectivity index (χ4v) is 5.82. The molecule has 0 saturated heterocycles. The first-order chi connectivity index (χ1) is 16.8. The number of amides is 1. The first-order valence-electron chi connectivity index (χ1n) is 11.4. The van der Waals surface area contributed by atoms with Crippen LogP contribution in [0.5, 0.6) is 11.5 Å². The van der Waals surface area contributed by atoms with Crippen LogP contribution in [0.4, 0.5) is 0 Å². The van der Waals surface area contributed by atoms with Gasteiger partial charge >= 0.3 is 0 Å². The van der Waals surface area contributed by atoms with Crippen LogP contribution in [-0.2, 0) is 17.1 Å². The maximum atomic E-state index is 13.4. The third-order valence-electron chi connectivity index (χ3n) is 6.23. The molecule has 0 spiro atoms. The minimum atomic E-state index is -3.87. The van der Waals surface area contributed by atoms with Crippen molar-refractivity contribution >= 4 is 15.9 Å². The van der Waals surface area contributed by atoms with E-state index in [1.165, 1.54) is 19.2 Å². The molecule has 1 atom stereocenters. The second-order valence-corrected chi connectivity index (χ2v) is 10.2. The van der Waals surface area contributed by atoms with Crippen LogP contribution in [0.2, 0.25) is 0 Å². The van der Waals surface area contributed by atoms with Crippen LogP contribution in [0.3, 0.4) is 0 Å². The van der Waals surface area contributed by atoms with Crippen molar-refractivity contribution in [1.29, 1.82) is 0 Å². The second-order valence-electron chi connectivity index (χ2n) is 8.54. The average Bonchev–Trinajstić information content (AvgIpc) is 3.53. The number of aryl methyl sites for hydroxylation is 1. The molecule has 1 aliphatic rings. The van der Waals surface area contributed by atoms with Crippen LogP contribution in [-0.4, -0.2) is 44.1 Å². The molecule has 0 unspecified atom stereocenters. The zero-order chi connectivity index (χ0) is 25.0. The highest BCUT2D eigenvalue weighted by Crippen LogP contribution is 2.28. The number of carbonyl (C=O) groups excluding carboxylic acids is 1. The van der Waals surface area contributed by atoms with Crippen molar-refractivity contribution in [1.82, 2.24) is 19.6 Å². The summed E-state index contributed by atoms with van der Waals surface area (Å²) in [6, 6.07) is 11.1. The number of sulfonamides is 1. The lowest BCUT2D eigenvalue weighted by Crippen LogP contribution is -2.33. The van der Waals surface area contributed by atoms with Gasteiger partial charge in [-0.25, -0.2) is 18.1 Å². The van der Waals surface area contributed by atoms with Crippen LogP contribution in [0.1, 0.15) is 53.5 Å². The molecule has 1 amide bonds. The number of aromatic nitrogens is 2. The smallest absolute Gasteiger partial charge is 0.252 e. The molecule has 35 heavy (non-hydrogen) atoms. The van der Waals surface area contributed by atoms with Crippen molar-refractivity contribution < 1.29 is 22.7 Å². The SMILES string of the molecule is COc1ccc([C@@H](NC(=O)c2ccc(OC)c(S(=O)(=O)NC3CCCC3)c2)c2nccn2C)cc1. The largest absolute Gasteiger partial charge is 0.497 e. The first-order valence-corrected chi connectivity index (χ1v) is 12.9. The molecule has 2 N–H and O–H groups in total. The van der Waals surface area contributed by atoms with E-state index < -0.39 is 22.0 Å². The molecule has 1 fully saturated rings. The Balaban J connectivity index is 1.65. The number of imidazole rings is 1. The summed E-state index contributed by atoms with van der Waals surface area (Å²) in [5.74, 6) is 1.07. The predicted molar refractivity (Wildman–Crippen MR) is 131 cm³/mol. The van der Waals surface area contributed by atoms with Crippen LogP contribution in [0.15, 0.2) is 59.8 Å². The van der Waals surface area contributed by atoms with Crippen molar-refractivity contribution in [2.45, 2.75) is 42.7 Å². The Hall–Kier alpha value is -3.37. The van der Waals surface area contributed by atoms with E-state index >= 15 is 0 Å². The van der Waals surface area contributed by atoms with Gasteiger partial charge in [0, 0.05) is 31.0 Å². The zero-order valence-electron chi connectivity index (χ0n) is 20.0. The molecular weight excluding hydrogens is 468 g/mol. The molecule has 3 aromatic rings. The van der Waals surface area contributed by atoms with Gasteiger partial charge in [-0.3, -0.25) is 4.79 Å². The van der Waals surface area contributed by atoms with Crippen molar-refractivity contribution in [2.75, 3.05) is 14.2 Å². The number of methoxy groups -OCH3 is 2. The molecule has 1 aromatic heterocycles. The Labute approximate surface area is 205 Å². The standard InChI is InChI=1S/C25H30N4O5S/c1-29-15-14-26-24(29)23(17-8-11-20(33-2)12-9-17)27-25(30)18-10-13-21(34-3)22(16-18)35(31,32)28-19-6-4-5-7-19/h8-16,19,23,28H,4-7H2,1-3H3,(H,27,30)/t23-/m1/s1. The molecule has 4 rings (SSSR count). The monoisotopic (exact) mass is 498 g/mol. The van der Waals surface area contributed by atoms with Gasteiger partial charge in [0.15, 0.2) is 0 Å². The molecule has 1 saturated carbocycles. The van der Waals surface area contributed by atoms with E-state index in [0.29, 0.717) is 11.6 Å². The highest BCUT2D eigenvalue weighted by Gasteiger charge is 2.28. The normalized spacial score (nSPS) is 15.1. The van der Waals surface area contributed by atoms with E-state index in [2.05, 4.69) is 15.0 Å². The summed E-state index contributed by atoms with van der Waals surface area (Å²) >= 11 is 0. The molecule has 1 heterocycles. The predicted octanol–water partition coefficient (Wildman–Crippen LogP) is 3.18. The van der Waals surface area contributed by atoms with E-state index in [0.717, 1.165) is 31.2 Å². The summed E-state index contributed by atoms with van der Waals surface area (Å²) in [4.78, 5) is 17.7. The molecule has 2 aromatic carbocycles. The maximum Gasteiger partial charge on any atom is 0.252 e. The number of nitrogens with one attached hydrogen (secondary N) is 2. The van der Waals surface area contributed by atoms with Gasteiger partial charge < -0.3 is 19.4 Å². The van der Waals surface area contributed by atoms with Gasteiger partial charge in [0.1, 0.15) is 28.3 Å². The van der Waals surface area contributed by atoms with E-state index in [4.69, 9.17) is 9.47 Å². The maximum absolute atomic E-state index is 13.4. The fraction of sp³-hybridized carbons (Fsp3) is 0.360. The Morgan fingerprint density at radius 1 is 1.09 bits per heavy atom. The lowest BCUT2D eigenvalue weighted by atomic mass is 10.0. The molecular formula is C25H30N4O5S. The Morgan fingerprint density at radius 2 is 1.80 bits per heavy atom. The van der Waals surface area contributed by atoms with Gasteiger partial charge in [-0.2, -0.15) is 0 Å². The number of rotatable bonds is 9. The van der Waals surface area contributed by atoms with Crippen molar-refractivity contribution in [3.8, 4) is 11.5 Å².